The summed E-state index contributed by atoms with van der Waals surface area (Å²) in [7, 11) is 1.99. The van der Waals surface area contributed by atoms with Gasteiger partial charge in [0.25, 0.3) is 0 Å². The molecule has 0 unspecified atom stereocenters. The van der Waals surface area contributed by atoms with E-state index in [9.17, 15) is 5.11 Å². The van der Waals surface area contributed by atoms with Crippen molar-refractivity contribution in [3.05, 3.63) is 46.3 Å². The van der Waals surface area contributed by atoms with E-state index in [0.29, 0.717) is 0 Å². The monoisotopic (exact) mass is 248 g/mol. The summed E-state index contributed by atoms with van der Waals surface area (Å²) in [5, 5.41) is 13.9. The summed E-state index contributed by atoms with van der Waals surface area (Å²) < 4.78 is 0. The molecule has 4 heteroatoms. The third-order valence-corrected chi connectivity index (χ3v) is 3.36. The van der Waals surface area contributed by atoms with Gasteiger partial charge in [0.05, 0.1) is 6.10 Å². The van der Waals surface area contributed by atoms with Crippen LogP contribution in [0.3, 0.4) is 0 Å². The van der Waals surface area contributed by atoms with Crippen LogP contribution in [0.1, 0.15) is 24.2 Å². The fraction of sp³-hybridized carbons (Fsp3) is 0.308. The Morgan fingerprint density at radius 2 is 2.29 bits per heavy atom. The molecule has 0 aliphatic heterocycles. The first-order valence-electron chi connectivity index (χ1n) is 5.53. The third-order valence-electron chi connectivity index (χ3n) is 2.63. The van der Waals surface area contributed by atoms with Gasteiger partial charge in [-0.15, -0.1) is 0 Å². The maximum atomic E-state index is 9.71. The van der Waals surface area contributed by atoms with E-state index in [1.165, 1.54) is 5.56 Å². The number of aromatic nitrogens is 1. The van der Waals surface area contributed by atoms with Gasteiger partial charge in [-0.3, -0.25) is 0 Å². The number of thiophene rings is 1. The van der Waals surface area contributed by atoms with E-state index < -0.39 is 6.10 Å². The molecule has 0 aliphatic carbocycles. The van der Waals surface area contributed by atoms with Gasteiger partial charge in [0.2, 0.25) is 0 Å². The summed E-state index contributed by atoms with van der Waals surface area (Å²) in [6.45, 7) is 2.57. The predicted molar refractivity (Wildman–Crippen MR) is 71.3 cm³/mol. The average molecular weight is 248 g/mol. The number of aliphatic hydroxyl groups is 1. The molecule has 90 valence electrons. The Kier molecular flexibility index (Phi) is 3.76. The maximum absolute atomic E-state index is 9.71. The fourth-order valence-corrected chi connectivity index (χ4v) is 2.45. The highest BCUT2D eigenvalue weighted by Crippen LogP contribution is 2.24. The van der Waals surface area contributed by atoms with E-state index in [1.54, 1.807) is 24.5 Å². The van der Waals surface area contributed by atoms with E-state index in [1.807, 2.05) is 19.2 Å². The lowest BCUT2D eigenvalue weighted by atomic mass is 10.1. The van der Waals surface area contributed by atoms with Crippen LogP contribution in [0.15, 0.2) is 35.2 Å². The zero-order valence-corrected chi connectivity index (χ0v) is 10.8. The Morgan fingerprint density at radius 3 is 2.94 bits per heavy atom. The number of hydrogen-bond acceptors (Lipinski definition) is 4. The van der Waals surface area contributed by atoms with Crippen molar-refractivity contribution in [2.24, 2.45) is 0 Å². The molecule has 0 radical (unpaired) electrons. The Bertz CT molecular complexity index is 468. The van der Waals surface area contributed by atoms with Crippen LogP contribution in [0.2, 0.25) is 0 Å². The Morgan fingerprint density at radius 1 is 1.47 bits per heavy atom. The largest absolute Gasteiger partial charge is 0.389 e. The second-order valence-electron chi connectivity index (χ2n) is 4.08. The van der Waals surface area contributed by atoms with Gasteiger partial charge in [0.15, 0.2) is 0 Å². The molecule has 0 saturated heterocycles. The van der Waals surface area contributed by atoms with E-state index in [-0.39, 0.29) is 0 Å². The molecule has 1 atom stereocenters. The topological polar surface area (TPSA) is 36.4 Å². The van der Waals surface area contributed by atoms with E-state index >= 15 is 0 Å². The number of anilines is 1. The lowest BCUT2D eigenvalue weighted by Gasteiger charge is -2.21. The van der Waals surface area contributed by atoms with Crippen LogP contribution in [0.5, 0.6) is 0 Å². The molecule has 2 aromatic heterocycles. The second-order valence-corrected chi connectivity index (χ2v) is 4.86. The SMILES string of the molecule is C[C@H](O)c1cccnc1N(C)Cc1ccsc1. The first-order chi connectivity index (χ1) is 8.18. The van der Waals surface area contributed by atoms with Crippen LogP contribution in [-0.4, -0.2) is 17.1 Å². The van der Waals surface area contributed by atoms with Crippen LogP contribution >= 0.6 is 11.3 Å². The van der Waals surface area contributed by atoms with Crippen molar-refractivity contribution in [2.75, 3.05) is 11.9 Å². The minimum absolute atomic E-state index is 0.497. The molecule has 0 saturated carbocycles. The molecule has 1 N–H and O–H groups in total. The molecule has 3 nitrogen and oxygen atoms in total. The highest BCUT2D eigenvalue weighted by atomic mass is 32.1. The Hall–Kier alpha value is -1.39. The average Bonchev–Trinajstić information content (AvgIpc) is 2.81. The van der Waals surface area contributed by atoms with Crippen LogP contribution in [0, 0.1) is 0 Å². The van der Waals surface area contributed by atoms with Crippen molar-refractivity contribution < 1.29 is 5.11 Å². The second kappa shape index (κ2) is 5.29. The molecule has 2 aromatic rings. The number of hydrogen-bond donors (Lipinski definition) is 1. The van der Waals surface area contributed by atoms with Gasteiger partial charge < -0.3 is 10.0 Å². The zero-order chi connectivity index (χ0) is 12.3. The lowest BCUT2D eigenvalue weighted by Crippen LogP contribution is -2.19. The minimum Gasteiger partial charge on any atom is -0.389 e. The maximum Gasteiger partial charge on any atom is 0.134 e. The highest BCUT2D eigenvalue weighted by molar-refractivity contribution is 7.07. The quantitative estimate of drug-likeness (QED) is 0.904. The summed E-state index contributed by atoms with van der Waals surface area (Å²) >= 11 is 1.69. The number of rotatable bonds is 4. The number of aliphatic hydroxyl groups excluding tert-OH is 1. The summed E-state index contributed by atoms with van der Waals surface area (Å²) in [6, 6.07) is 5.87. The van der Waals surface area contributed by atoms with Crippen LogP contribution < -0.4 is 4.90 Å². The standard InChI is InChI=1S/C13H16N2OS/c1-10(16)12-4-3-6-14-13(12)15(2)8-11-5-7-17-9-11/h3-7,9-10,16H,8H2,1-2H3/t10-/m0/s1. The lowest BCUT2D eigenvalue weighted by molar-refractivity contribution is 0.199. The van der Waals surface area contributed by atoms with E-state index in [4.69, 9.17) is 0 Å². The first kappa shape index (κ1) is 12.1. The normalized spacial score (nSPS) is 12.4. The van der Waals surface area contributed by atoms with Crippen molar-refractivity contribution in [3.8, 4) is 0 Å². The predicted octanol–water partition coefficient (Wildman–Crippen LogP) is 2.83. The molecule has 17 heavy (non-hydrogen) atoms. The molecule has 0 spiro atoms. The molecular weight excluding hydrogens is 232 g/mol. The van der Waals surface area contributed by atoms with Gasteiger partial charge >= 0.3 is 0 Å². The van der Waals surface area contributed by atoms with E-state index in [0.717, 1.165) is 17.9 Å². The van der Waals surface area contributed by atoms with Crippen molar-refractivity contribution in [2.45, 2.75) is 19.6 Å². The van der Waals surface area contributed by atoms with Gasteiger partial charge in [-0.05, 0) is 35.4 Å². The summed E-state index contributed by atoms with van der Waals surface area (Å²) in [4.78, 5) is 6.41. The van der Waals surface area contributed by atoms with Crippen molar-refractivity contribution in [1.29, 1.82) is 0 Å². The molecule has 0 fully saturated rings. The van der Waals surface area contributed by atoms with Gasteiger partial charge in [0, 0.05) is 25.4 Å². The van der Waals surface area contributed by atoms with Crippen molar-refractivity contribution in [1.82, 2.24) is 4.98 Å². The molecule has 0 aromatic carbocycles. The summed E-state index contributed by atoms with van der Waals surface area (Å²) in [5.74, 6) is 0.841. The smallest absolute Gasteiger partial charge is 0.134 e. The van der Waals surface area contributed by atoms with Crippen LogP contribution in [-0.2, 0) is 6.54 Å². The van der Waals surface area contributed by atoms with Crippen molar-refractivity contribution >= 4 is 17.2 Å². The zero-order valence-electron chi connectivity index (χ0n) is 10.00. The molecule has 2 heterocycles. The van der Waals surface area contributed by atoms with Gasteiger partial charge in [-0.1, -0.05) is 6.07 Å². The molecular formula is C13H16N2OS. The van der Waals surface area contributed by atoms with E-state index in [2.05, 4.69) is 26.7 Å². The number of nitrogens with zero attached hydrogens (tertiary/aromatic N) is 2. The van der Waals surface area contributed by atoms with Gasteiger partial charge in [-0.25, -0.2) is 4.98 Å². The Balaban J connectivity index is 2.21. The van der Waals surface area contributed by atoms with Crippen LogP contribution in [0.25, 0.3) is 0 Å². The molecule has 0 aliphatic rings. The van der Waals surface area contributed by atoms with Gasteiger partial charge in [0.1, 0.15) is 5.82 Å². The summed E-state index contributed by atoms with van der Waals surface area (Å²) in [6.07, 6.45) is 1.26. The number of pyridine rings is 1. The first-order valence-corrected chi connectivity index (χ1v) is 6.48. The molecule has 2 rings (SSSR count). The third kappa shape index (κ3) is 2.84. The fourth-order valence-electron chi connectivity index (χ4n) is 1.79. The Labute approximate surface area is 105 Å². The van der Waals surface area contributed by atoms with Crippen LogP contribution in [0.4, 0.5) is 5.82 Å². The van der Waals surface area contributed by atoms with Gasteiger partial charge in [-0.2, -0.15) is 11.3 Å². The summed E-state index contributed by atoms with van der Waals surface area (Å²) in [5.41, 5.74) is 2.13. The minimum atomic E-state index is -0.497. The highest BCUT2D eigenvalue weighted by Gasteiger charge is 2.12. The molecule has 0 amide bonds. The van der Waals surface area contributed by atoms with Crippen molar-refractivity contribution in [3.63, 3.8) is 0 Å². The molecule has 0 bridgehead atoms.